The zero-order valence-electron chi connectivity index (χ0n) is 8.48. The van der Waals surface area contributed by atoms with Crippen molar-refractivity contribution in [2.45, 2.75) is 12.5 Å². The summed E-state index contributed by atoms with van der Waals surface area (Å²) >= 11 is 0. The molecule has 0 bridgehead atoms. The van der Waals surface area contributed by atoms with E-state index in [2.05, 4.69) is 10.3 Å². The molecule has 80 valence electrons. The molecule has 0 spiro atoms. The molecule has 15 heavy (non-hydrogen) atoms. The molecule has 1 saturated heterocycles. The van der Waals surface area contributed by atoms with E-state index < -0.39 is 0 Å². The van der Waals surface area contributed by atoms with Gasteiger partial charge in [0.15, 0.2) is 5.78 Å². The summed E-state index contributed by atoms with van der Waals surface area (Å²) in [4.78, 5) is 15.9. The summed E-state index contributed by atoms with van der Waals surface area (Å²) in [6.45, 7) is 2.05. The molecule has 0 saturated carbocycles. The van der Waals surface area contributed by atoms with Crippen molar-refractivity contribution in [1.82, 2.24) is 10.3 Å². The molecule has 1 aliphatic rings. The zero-order chi connectivity index (χ0) is 10.5. The number of pyridine rings is 1. The Bertz CT molecular complexity index is 321. The van der Waals surface area contributed by atoms with Gasteiger partial charge >= 0.3 is 0 Å². The van der Waals surface area contributed by atoms with Gasteiger partial charge in [-0.25, -0.2) is 0 Å². The lowest BCUT2D eigenvalue weighted by atomic mass is 10.1. The topological polar surface area (TPSA) is 51.2 Å². The number of rotatable bonds is 3. The molecule has 1 aromatic heterocycles. The van der Waals surface area contributed by atoms with E-state index in [9.17, 15) is 4.79 Å². The van der Waals surface area contributed by atoms with Crippen molar-refractivity contribution in [1.29, 1.82) is 0 Å². The fourth-order valence-electron chi connectivity index (χ4n) is 1.57. The van der Waals surface area contributed by atoms with Crippen molar-refractivity contribution in [3.8, 4) is 0 Å². The zero-order valence-corrected chi connectivity index (χ0v) is 8.48. The Labute approximate surface area is 88.7 Å². The highest BCUT2D eigenvalue weighted by Gasteiger charge is 2.21. The largest absolute Gasteiger partial charge is 0.368 e. The third-order valence-corrected chi connectivity index (χ3v) is 2.37. The summed E-state index contributed by atoms with van der Waals surface area (Å²) in [7, 11) is 0. The van der Waals surface area contributed by atoms with Crippen LogP contribution in [-0.4, -0.2) is 36.6 Å². The number of nitrogens with zero attached hydrogens (tertiary/aromatic N) is 1. The van der Waals surface area contributed by atoms with Gasteiger partial charge in [-0.2, -0.15) is 0 Å². The second-order valence-electron chi connectivity index (χ2n) is 3.53. The molecular formula is C11H14N2O2. The second-order valence-corrected chi connectivity index (χ2v) is 3.53. The van der Waals surface area contributed by atoms with Gasteiger partial charge in [0, 0.05) is 25.0 Å². The van der Waals surface area contributed by atoms with E-state index in [1.807, 2.05) is 18.2 Å². The maximum Gasteiger partial charge on any atom is 0.168 e. The number of hydrogen-bond acceptors (Lipinski definition) is 4. The average Bonchev–Trinajstić information content (AvgIpc) is 2.31. The third kappa shape index (κ3) is 2.84. The molecule has 4 heteroatoms. The lowest BCUT2D eigenvalue weighted by Gasteiger charge is -2.22. The van der Waals surface area contributed by atoms with Crippen LogP contribution in [0.2, 0.25) is 0 Å². The molecule has 1 aromatic rings. The number of hydrogen-bond donors (Lipinski definition) is 1. The van der Waals surface area contributed by atoms with E-state index in [0.717, 1.165) is 12.2 Å². The predicted octanol–water partition coefficient (Wildman–Crippen LogP) is 0.182. The molecular weight excluding hydrogens is 192 g/mol. The Kier molecular flexibility index (Phi) is 3.42. The van der Waals surface area contributed by atoms with Crippen LogP contribution >= 0.6 is 0 Å². The van der Waals surface area contributed by atoms with E-state index in [1.165, 1.54) is 0 Å². The fourth-order valence-corrected chi connectivity index (χ4v) is 1.57. The van der Waals surface area contributed by atoms with Crippen LogP contribution in [0.1, 0.15) is 5.69 Å². The number of aromatic nitrogens is 1. The Balaban J connectivity index is 1.91. The van der Waals surface area contributed by atoms with Crippen molar-refractivity contribution >= 4 is 5.78 Å². The van der Waals surface area contributed by atoms with Gasteiger partial charge in [0.05, 0.1) is 13.0 Å². The Hall–Kier alpha value is -1.26. The molecule has 1 aliphatic heterocycles. The van der Waals surface area contributed by atoms with Crippen LogP contribution in [0.5, 0.6) is 0 Å². The molecule has 1 fully saturated rings. The van der Waals surface area contributed by atoms with Crippen LogP contribution in [0.4, 0.5) is 0 Å². The summed E-state index contributed by atoms with van der Waals surface area (Å²) in [5.74, 6) is 0.0981. The highest BCUT2D eigenvalue weighted by Crippen LogP contribution is 2.03. The van der Waals surface area contributed by atoms with Crippen LogP contribution < -0.4 is 5.32 Å². The van der Waals surface area contributed by atoms with E-state index in [0.29, 0.717) is 19.6 Å². The highest BCUT2D eigenvalue weighted by atomic mass is 16.5. The Morgan fingerprint density at radius 2 is 2.53 bits per heavy atom. The number of ether oxygens (including phenoxy) is 1. The molecule has 1 unspecified atom stereocenters. The first-order valence-electron chi connectivity index (χ1n) is 5.11. The van der Waals surface area contributed by atoms with Crippen LogP contribution in [0.3, 0.4) is 0 Å². The van der Waals surface area contributed by atoms with Gasteiger partial charge in [0.1, 0.15) is 6.10 Å². The molecule has 2 heterocycles. The fraction of sp³-hybridized carbons (Fsp3) is 0.455. The minimum Gasteiger partial charge on any atom is -0.368 e. The minimum atomic E-state index is -0.305. The van der Waals surface area contributed by atoms with E-state index in [1.54, 1.807) is 6.20 Å². The molecule has 0 aliphatic carbocycles. The van der Waals surface area contributed by atoms with Gasteiger partial charge in [-0.1, -0.05) is 6.07 Å². The molecule has 0 aromatic carbocycles. The maximum absolute atomic E-state index is 11.8. The molecule has 0 amide bonds. The molecule has 1 N–H and O–H groups in total. The van der Waals surface area contributed by atoms with Crippen LogP contribution in [-0.2, 0) is 16.0 Å². The normalized spacial score (nSPS) is 21.2. The highest BCUT2D eigenvalue weighted by molar-refractivity contribution is 5.85. The van der Waals surface area contributed by atoms with Crippen LogP contribution in [0.25, 0.3) is 0 Å². The first kappa shape index (κ1) is 10.3. The van der Waals surface area contributed by atoms with Gasteiger partial charge in [0.25, 0.3) is 0 Å². The summed E-state index contributed by atoms with van der Waals surface area (Å²) in [6, 6.07) is 5.58. The van der Waals surface area contributed by atoms with Gasteiger partial charge < -0.3 is 10.1 Å². The molecule has 0 radical (unpaired) electrons. The third-order valence-electron chi connectivity index (χ3n) is 2.37. The molecule has 1 atom stereocenters. The number of ketones is 1. The summed E-state index contributed by atoms with van der Waals surface area (Å²) in [6.07, 6.45) is 1.75. The van der Waals surface area contributed by atoms with Crippen molar-refractivity contribution in [3.05, 3.63) is 30.1 Å². The monoisotopic (exact) mass is 206 g/mol. The minimum absolute atomic E-state index is 0.0981. The van der Waals surface area contributed by atoms with Gasteiger partial charge in [0.2, 0.25) is 0 Å². The van der Waals surface area contributed by atoms with Crippen molar-refractivity contribution in [2.24, 2.45) is 0 Å². The first-order chi connectivity index (χ1) is 7.36. The average molecular weight is 206 g/mol. The second kappa shape index (κ2) is 5.00. The summed E-state index contributed by atoms with van der Waals surface area (Å²) in [5, 5.41) is 3.14. The predicted molar refractivity (Wildman–Crippen MR) is 55.6 cm³/mol. The number of carbonyl (C=O) groups excluding carboxylic acids is 1. The SMILES string of the molecule is O=C(Cc1ccccn1)C1CNCCO1. The summed E-state index contributed by atoms with van der Waals surface area (Å²) < 4.78 is 5.37. The first-order valence-corrected chi connectivity index (χ1v) is 5.11. The van der Waals surface area contributed by atoms with Gasteiger partial charge in [-0.05, 0) is 12.1 Å². The number of carbonyl (C=O) groups is 1. The molecule has 4 nitrogen and oxygen atoms in total. The maximum atomic E-state index is 11.8. The van der Waals surface area contributed by atoms with E-state index in [-0.39, 0.29) is 11.9 Å². The number of nitrogens with one attached hydrogen (secondary N) is 1. The Morgan fingerprint density at radius 3 is 3.20 bits per heavy atom. The standard InChI is InChI=1S/C11H14N2O2/c14-10(11-8-12-5-6-15-11)7-9-3-1-2-4-13-9/h1-4,11-12H,5-8H2. The van der Waals surface area contributed by atoms with Gasteiger partial charge in [-0.3, -0.25) is 9.78 Å². The summed E-state index contributed by atoms with van der Waals surface area (Å²) in [5.41, 5.74) is 0.802. The van der Waals surface area contributed by atoms with Crippen LogP contribution in [0, 0.1) is 0 Å². The molecule has 2 rings (SSSR count). The quantitative estimate of drug-likeness (QED) is 0.766. The van der Waals surface area contributed by atoms with Crippen molar-refractivity contribution in [3.63, 3.8) is 0 Å². The van der Waals surface area contributed by atoms with Crippen LogP contribution in [0.15, 0.2) is 24.4 Å². The van der Waals surface area contributed by atoms with E-state index >= 15 is 0 Å². The van der Waals surface area contributed by atoms with Gasteiger partial charge in [-0.15, -0.1) is 0 Å². The smallest absolute Gasteiger partial charge is 0.168 e. The van der Waals surface area contributed by atoms with Crippen molar-refractivity contribution < 1.29 is 9.53 Å². The van der Waals surface area contributed by atoms with E-state index in [4.69, 9.17) is 4.74 Å². The lowest BCUT2D eigenvalue weighted by molar-refractivity contribution is -0.131. The lowest BCUT2D eigenvalue weighted by Crippen LogP contribution is -2.43. The number of morpholine rings is 1. The van der Waals surface area contributed by atoms with Crippen molar-refractivity contribution in [2.75, 3.05) is 19.7 Å². The Morgan fingerprint density at radius 1 is 1.60 bits per heavy atom. The number of Topliss-reactive ketones (excluding diaryl/α,β-unsaturated/α-hetero) is 1.